The summed E-state index contributed by atoms with van der Waals surface area (Å²) in [4.78, 5) is 27.6. The number of rotatable bonds is 6. The predicted octanol–water partition coefficient (Wildman–Crippen LogP) is 3.50. The number of nitrogens with zero attached hydrogens (tertiary/aromatic N) is 1. The molecule has 3 fully saturated rings. The summed E-state index contributed by atoms with van der Waals surface area (Å²) in [7, 11) is 3.15. The van der Waals surface area contributed by atoms with Gasteiger partial charge in [0.1, 0.15) is 11.5 Å². The number of hydrogen-bond acceptors (Lipinski definition) is 4. The van der Waals surface area contributed by atoms with Crippen LogP contribution in [-0.2, 0) is 4.79 Å². The Morgan fingerprint density at radius 2 is 1.67 bits per heavy atom. The number of benzene rings is 1. The monoisotopic (exact) mass is 414 g/mol. The van der Waals surface area contributed by atoms with Crippen molar-refractivity contribution in [2.24, 2.45) is 23.7 Å². The van der Waals surface area contributed by atoms with Crippen molar-refractivity contribution in [1.82, 2.24) is 10.2 Å². The first-order valence-corrected chi connectivity index (χ1v) is 11.3. The van der Waals surface area contributed by atoms with Crippen LogP contribution in [0.4, 0.5) is 0 Å². The summed E-state index contributed by atoms with van der Waals surface area (Å²) in [5.74, 6) is 3.67. The van der Waals surface area contributed by atoms with E-state index in [1.165, 1.54) is 25.7 Å². The third-order valence-corrected chi connectivity index (χ3v) is 7.56. The number of likely N-dealkylation sites (tertiary alicyclic amines) is 1. The number of amides is 2. The molecule has 2 bridgehead atoms. The van der Waals surface area contributed by atoms with E-state index in [0.29, 0.717) is 48.9 Å². The molecule has 4 rings (SSSR count). The average Bonchev–Trinajstić information content (AvgIpc) is 3.42. The van der Waals surface area contributed by atoms with E-state index in [-0.39, 0.29) is 23.8 Å². The molecule has 1 saturated heterocycles. The van der Waals surface area contributed by atoms with E-state index in [9.17, 15) is 9.59 Å². The summed E-state index contributed by atoms with van der Waals surface area (Å²) in [5, 5.41) is 3.31. The number of piperidine rings is 1. The van der Waals surface area contributed by atoms with Crippen molar-refractivity contribution < 1.29 is 19.1 Å². The molecule has 1 aromatic carbocycles. The number of hydrogen-bond donors (Lipinski definition) is 1. The molecule has 2 amide bonds. The maximum Gasteiger partial charge on any atom is 0.254 e. The molecule has 1 heterocycles. The van der Waals surface area contributed by atoms with E-state index in [2.05, 4.69) is 12.2 Å². The summed E-state index contributed by atoms with van der Waals surface area (Å²) in [5.41, 5.74) is 0.555. The first-order chi connectivity index (χ1) is 14.5. The van der Waals surface area contributed by atoms with Crippen LogP contribution in [-0.4, -0.2) is 50.1 Å². The van der Waals surface area contributed by atoms with Crippen molar-refractivity contribution >= 4 is 11.8 Å². The van der Waals surface area contributed by atoms with Gasteiger partial charge in [0.05, 0.1) is 14.2 Å². The highest BCUT2D eigenvalue weighted by atomic mass is 16.5. The van der Waals surface area contributed by atoms with Gasteiger partial charge < -0.3 is 19.7 Å². The van der Waals surface area contributed by atoms with E-state index >= 15 is 0 Å². The third kappa shape index (κ3) is 4.28. The lowest BCUT2D eigenvalue weighted by atomic mass is 9.83. The van der Waals surface area contributed by atoms with Crippen molar-refractivity contribution in [2.45, 2.75) is 51.5 Å². The van der Waals surface area contributed by atoms with Crippen LogP contribution >= 0.6 is 0 Å². The van der Waals surface area contributed by atoms with Gasteiger partial charge in [-0.1, -0.05) is 6.42 Å². The van der Waals surface area contributed by atoms with Gasteiger partial charge in [-0.2, -0.15) is 0 Å². The van der Waals surface area contributed by atoms with Crippen molar-refractivity contribution in [3.63, 3.8) is 0 Å². The fourth-order valence-electron chi connectivity index (χ4n) is 5.81. The zero-order chi connectivity index (χ0) is 21.3. The minimum absolute atomic E-state index is 0.00469. The molecule has 164 valence electrons. The van der Waals surface area contributed by atoms with Crippen LogP contribution < -0.4 is 14.8 Å². The average molecular weight is 415 g/mol. The van der Waals surface area contributed by atoms with Gasteiger partial charge in [-0.15, -0.1) is 0 Å². The van der Waals surface area contributed by atoms with Crippen LogP contribution in [0, 0.1) is 23.7 Å². The molecule has 30 heavy (non-hydrogen) atoms. The topological polar surface area (TPSA) is 67.9 Å². The third-order valence-electron chi connectivity index (χ3n) is 7.56. The predicted molar refractivity (Wildman–Crippen MR) is 115 cm³/mol. The van der Waals surface area contributed by atoms with Crippen LogP contribution in [0.2, 0.25) is 0 Å². The molecular weight excluding hydrogens is 380 g/mol. The Morgan fingerprint density at radius 1 is 1.00 bits per heavy atom. The van der Waals surface area contributed by atoms with Crippen molar-refractivity contribution in [1.29, 1.82) is 0 Å². The second kappa shape index (κ2) is 8.86. The molecule has 0 radical (unpaired) electrons. The molecule has 4 unspecified atom stereocenters. The zero-order valence-electron chi connectivity index (χ0n) is 18.4. The van der Waals surface area contributed by atoms with E-state index in [1.54, 1.807) is 32.4 Å². The Kier molecular flexibility index (Phi) is 6.21. The molecule has 1 aromatic rings. The number of nitrogens with one attached hydrogen (secondary N) is 1. The molecule has 2 aliphatic carbocycles. The molecule has 0 spiro atoms. The summed E-state index contributed by atoms with van der Waals surface area (Å²) in [6.07, 6.45) is 6.78. The fourth-order valence-corrected chi connectivity index (χ4v) is 5.81. The molecule has 4 atom stereocenters. The fraction of sp³-hybridized carbons (Fsp3) is 0.667. The first-order valence-electron chi connectivity index (χ1n) is 11.3. The molecular formula is C24H34N2O4. The standard InChI is InChI=1S/C24H34N2O4/c1-15(22-11-16-4-5-18(22)10-16)25-23(27)17-6-8-26(9-7-17)24(28)19-12-20(29-2)14-21(13-19)30-3/h12-18,22H,4-11H2,1-3H3,(H,25,27). The van der Waals surface area contributed by atoms with E-state index in [4.69, 9.17) is 9.47 Å². The normalized spacial score (nSPS) is 27.0. The Morgan fingerprint density at radius 3 is 2.20 bits per heavy atom. The number of carbonyl (C=O) groups is 2. The smallest absolute Gasteiger partial charge is 0.254 e. The summed E-state index contributed by atoms with van der Waals surface area (Å²) >= 11 is 0. The molecule has 2 saturated carbocycles. The number of carbonyl (C=O) groups excluding carboxylic acids is 2. The van der Waals surface area contributed by atoms with Crippen LogP contribution in [0.1, 0.15) is 55.8 Å². The van der Waals surface area contributed by atoms with Gasteiger partial charge >= 0.3 is 0 Å². The maximum atomic E-state index is 13.0. The van der Waals surface area contributed by atoms with Crippen molar-refractivity contribution in [3.8, 4) is 11.5 Å². The van der Waals surface area contributed by atoms with E-state index in [0.717, 1.165) is 11.8 Å². The molecule has 1 aliphatic heterocycles. The van der Waals surface area contributed by atoms with Crippen molar-refractivity contribution in [2.75, 3.05) is 27.3 Å². The van der Waals surface area contributed by atoms with Crippen molar-refractivity contribution in [3.05, 3.63) is 23.8 Å². The van der Waals surface area contributed by atoms with Gasteiger partial charge in [0.25, 0.3) is 5.91 Å². The van der Waals surface area contributed by atoms with Crippen LogP contribution in [0.3, 0.4) is 0 Å². The highest BCUT2D eigenvalue weighted by molar-refractivity contribution is 5.95. The first kappa shape index (κ1) is 21.0. The molecule has 3 aliphatic rings. The SMILES string of the molecule is COc1cc(OC)cc(C(=O)N2CCC(C(=O)NC(C)C3CC4CCC3C4)CC2)c1. The lowest BCUT2D eigenvalue weighted by Crippen LogP contribution is -2.47. The number of methoxy groups -OCH3 is 2. The minimum Gasteiger partial charge on any atom is -0.497 e. The van der Waals surface area contributed by atoms with Crippen LogP contribution in [0.25, 0.3) is 0 Å². The summed E-state index contributed by atoms with van der Waals surface area (Å²) in [6.45, 7) is 3.37. The van der Waals surface area contributed by atoms with Gasteiger partial charge in [-0.3, -0.25) is 9.59 Å². The highest BCUT2D eigenvalue weighted by Gasteiger charge is 2.42. The quantitative estimate of drug-likeness (QED) is 0.774. The van der Waals surface area contributed by atoms with Gasteiger partial charge in [-0.05, 0) is 68.9 Å². The Bertz CT molecular complexity index is 765. The number of ether oxygens (including phenoxy) is 2. The molecule has 1 N–H and O–H groups in total. The minimum atomic E-state index is -0.0404. The van der Waals surface area contributed by atoms with Gasteiger partial charge in [0, 0.05) is 36.7 Å². The Balaban J connectivity index is 1.30. The van der Waals surface area contributed by atoms with Crippen LogP contribution in [0.15, 0.2) is 18.2 Å². The largest absolute Gasteiger partial charge is 0.497 e. The van der Waals surface area contributed by atoms with E-state index < -0.39 is 0 Å². The van der Waals surface area contributed by atoms with Gasteiger partial charge in [0.2, 0.25) is 5.91 Å². The molecule has 6 heteroatoms. The lowest BCUT2D eigenvalue weighted by Gasteiger charge is -2.34. The summed E-state index contributed by atoms with van der Waals surface area (Å²) in [6, 6.07) is 5.49. The Hall–Kier alpha value is -2.24. The maximum absolute atomic E-state index is 13.0. The lowest BCUT2D eigenvalue weighted by molar-refractivity contribution is -0.127. The number of fused-ring (bicyclic) bond motifs is 2. The highest BCUT2D eigenvalue weighted by Crippen LogP contribution is 2.49. The van der Waals surface area contributed by atoms with Gasteiger partial charge in [-0.25, -0.2) is 0 Å². The van der Waals surface area contributed by atoms with E-state index in [1.807, 2.05) is 4.90 Å². The molecule has 0 aromatic heterocycles. The van der Waals surface area contributed by atoms with Crippen LogP contribution in [0.5, 0.6) is 11.5 Å². The second-order valence-electron chi connectivity index (χ2n) is 9.30. The van der Waals surface area contributed by atoms with Gasteiger partial charge in [0.15, 0.2) is 0 Å². The zero-order valence-corrected chi connectivity index (χ0v) is 18.4. The Labute approximate surface area is 179 Å². The summed E-state index contributed by atoms with van der Waals surface area (Å²) < 4.78 is 10.6. The molecule has 6 nitrogen and oxygen atoms in total. The second-order valence-corrected chi connectivity index (χ2v) is 9.30.